The maximum atomic E-state index is 11.2. The fourth-order valence-corrected chi connectivity index (χ4v) is 1.59. The Balaban J connectivity index is 2.56. The minimum atomic E-state index is -0.615. The van der Waals surface area contributed by atoms with Gasteiger partial charge in [-0.15, -0.1) is 0 Å². The molecule has 82 valence electrons. The van der Waals surface area contributed by atoms with Crippen LogP contribution in [0.15, 0.2) is 34.9 Å². The van der Waals surface area contributed by atoms with E-state index < -0.39 is 5.91 Å². The first-order valence-corrected chi connectivity index (χ1v) is 4.90. The first-order valence-electron chi connectivity index (χ1n) is 4.52. The van der Waals surface area contributed by atoms with Gasteiger partial charge in [0, 0.05) is 10.6 Å². The largest absolute Gasteiger partial charge is 0.448 e. The van der Waals surface area contributed by atoms with Crippen LogP contribution in [-0.2, 0) is 0 Å². The van der Waals surface area contributed by atoms with Crippen molar-refractivity contribution in [2.75, 3.05) is 5.73 Å². The highest BCUT2D eigenvalue weighted by Gasteiger charge is 2.17. The summed E-state index contributed by atoms with van der Waals surface area (Å²) in [5.74, 6) is -0.589. The van der Waals surface area contributed by atoms with Crippen LogP contribution in [0, 0.1) is 0 Å². The maximum absolute atomic E-state index is 11.2. The van der Waals surface area contributed by atoms with E-state index in [1.807, 2.05) is 0 Å². The summed E-state index contributed by atoms with van der Waals surface area (Å²) in [6, 6.07) is 6.95. The monoisotopic (exact) mass is 236 g/mol. The molecule has 0 spiro atoms. The van der Waals surface area contributed by atoms with Gasteiger partial charge >= 0.3 is 0 Å². The lowest BCUT2D eigenvalue weighted by atomic mass is 10.0. The molecule has 0 atom stereocenters. The van der Waals surface area contributed by atoms with Crippen LogP contribution in [0.4, 0.5) is 5.88 Å². The van der Waals surface area contributed by atoms with Crippen LogP contribution < -0.4 is 11.5 Å². The van der Waals surface area contributed by atoms with Gasteiger partial charge in [0.25, 0.3) is 5.91 Å². The van der Waals surface area contributed by atoms with E-state index in [0.717, 1.165) is 5.56 Å². The van der Waals surface area contributed by atoms with Gasteiger partial charge in [-0.05, 0) is 17.7 Å². The molecule has 0 fully saturated rings. The average Bonchev–Trinajstić information content (AvgIpc) is 2.61. The summed E-state index contributed by atoms with van der Waals surface area (Å²) >= 11 is 5.77. The minimum Gasteiger partial charge on any atom is -0.448 e. The molecule has 4 N–H and O–H groups in total. The summed E-state index contributed by atoms with van der Waals surface area (Å²) in [7, 11) is 0. The zero-order valence-electron chi connectivity index (χ0n) is 8.24. The molecular formula is C11H9ClN2O2. The van der Waals surface area contributed by atoms with Gasteiger partial charge in [0.15, 0.2) is 0 Å². The SMILES string of the molecule is NC(=O)c1c(-c2ccc(Cl)cc2)coc1N. The number of benzene rings is 1. The van der Waals surface area contributed by atoms with E-state index in [1.54, 1.807) is 24.3 Å². The van der Waals surface area contributed by atoms with Crippen molar-refractivity contribution < 1.29 is 9.21 Å². The van der Waals surface area contributed by atoms with Crippen molar-refractivity contribution in [2.45, 2.75) is 0 Å². The molecule has 0 aliphatic heterocycles. The van der Waals surface area contributed by atoms with Crippen LogP contribution in [-0.4, -0.2) is 5.91 Å². The first-order chi connectivity index (χ1) is 7.59. The van der Waals surface area contributed by atoms with Crippen LogP contribution in [0.25, 0.3) is 11.1 Å². The molecule has 0 bridgehead atoms. The Kier molecular flexibility index (Phi) is 2.58. The molecule has 0 aliphatic carbocycles. The highest BCUT2D eigenvalue weighted by Crippen LogP contribution is 2.30. The molecule has 16 heavy (non-hydrogen) atoms. The molecule has 2 rings (SSSR count). The number of halogens is 1. The number of nitrogens with two attached hydrogens (primary N) is 2. The second-order valence-corrected chi connectivity index (χ2v) is 3.70. The number of anilines is 1. The molecule has 4 nitrogen and oxygen atoms in total. The van der Waals surface area contributed by atoms with Crippen molar-refractivity contribution in [1.82, 2.24) is 0 Å². The van der Waals surface area contributed by atoms with Crippen molar-refractivity contribution in [2.24, 2.45) is 5.73 Å². The number of carbonyl (C=O) groups is 1. The van der Waals surface area contributed by atoms with Gasteiger partial charge in [-0.25, -0.2) is 0 Å². The summed E-state index contributed by atoms with van der Waals surface area (Å²) in [6.45, 7) is 0. The fraction of sp³-hybridized carbons (Fsp3) is 0. The number of amides is 1. The van der Waals surface area contributed by atoms with Crippen LogP contribution in [0.5, 0.6) is 0 Å². The Morgan fingerprint density at radius 1 is 1.25 bits per heavy atom. The van der Waals surface area contributed by atoms with Crippen molar-refractivity contribution in [3.05, 3.63) is 41.1 Å². The molecule has 2 aromatic rings. The van der Waals surface area contributed by atoms with Crippen molar-refractivity contribution in [3.63, 3.8) is 0 Å². The molecular weight excluding hydrogens is 228 g/mol. The van der Waals surface area contributed by atoms with Crippen LogP contribution in [0.3, 0.4) is 0 Å². The summed E-state index contributed by atoms with van der Waals surface area (Å²) in [5, 5.41) is 0.612. The van der Waals surface area contributed by atoms with Gasteiger partial charge in [-0.2, -0.15) is 0 Å². The Hall–Kier alpha value is -1.94. The molecule has 0 saturated heterocycles. The fourth-order valence-electron chi connectivity index (χ4n) is 1.47. The summed E-state index contributed by atoms with van der Waals surface area (Å²) in [4.78, 5) is 11.2. The smallest absolute Gasteiger partial charge is 0.254 e. The molecule has 0 radical (unpaired) electrons. The van der Waals surface area contributed by atoms with Crippen LogP contribution in [0.2, 0.25) is 5.02 Å². The predicted octanol–water partition coefficient (Wildman–Crippen LogP) is 2.28. The number of carbonyl (C=O) groups excluding carboxylic acids is 1. The Morgan fingerprint density at radius 3 is 2.44 bits per heavy atom. The molecule has 1 heterocycles. The zero-order valence-corrected chi connectivity index (χ0v) is 8.99. The summed E-state index contributed by atoms with van der Waals surface area (Å²) < 4.78 is 4.99. The number of hydrogen-bond acceptors (Lipinski definition) is 3. The quantitative estimate of drug-likeness (QED) is 0.839. The highest BCUT2D eigenvalue weighted by molar-refractivity contribution is 6.30. The van der Waals surface area contributed by atoms with Crippen molar-refractivity contribution in [1.29, 1.82) is 0 Å². The maximum Gasteiger partial charge on any atom is 0.254 e. The lowest BCUT2D eigenvalue weighted by Gasteiger charge is -2.00. The van der Waals surface area contributed by atoms with Gasteiger partial charge in [-0.3, -0.25) is 4.79 Å². The number of rotatable bonds is 2. The number of primary amides is 1. The van der Waals surface area contributed by atoms with Crippen molar-refractivity contribution >= 4 is 23.4 Å². The highest BCUT2D eigenvalue weighted by atomic mass is 35.5. The Bertz CT molecular complexity index is 531. The number of furan rings is 1. The van der Waals surface area contributed by atoms with Gasteiger partial charge < -0.3 is 15.9 Å². The molecule has 0 unspecified atom stereocenters. The van der Waals surface area contributed by atoms with Gasteiger partial charge in [0.05, 0.1) is 0 Å². The molecule has 1 aromatic heterocycles. The third kappa shape index (κ3) is 1.75. The lowest BCUT2D eigenvalue weighted by molar-refractivity contribution is 0.100. The molecule has 0 saturated carbocycles. The van der Waals surface area contributed by atoms with Gasteiger partial charge in [0.1, 0.15) is 11.8 Å². The lowest BCUT2D eigenvalue weighted by Crippen LogP contribution is -2.12. The van der Waals surface area contributed by atoms with E-state index >= 15 is 0 Å². The predicted molar refractivity (Wildman–Crippen MR) is 62.1 cm³/mol. The van der Waals surface area contributed by atoms with Crippen LogP contribution >= 0.6 is 11.6 Å². The van der Waals surface area contributed by atoms with Gasteiger partial charge in [-0.1, -0.05) is 23.7 Å². The first kappa shape index (κ1) is 10.6. The van der Waals surface area contributed by atoms with Crippen molar-refractivity contribution in [3.8, 4) is 11.1 Å². The Morgan fingerprint density at radius 2 is 1.88 bits per heavy atom. The minimum absolute atomic E-state index is 0.0254. The van der Waals surface area contributed by atoms with E-state index in [9.17, 15) is 4.79 Å². The summed E-state index contributed by atoms with van der Waals surface area (Å²) in [5.41, 5.74) is 12.3. The third-order valence-corrected chi connectivity index (χ3v) is 2.47. The molecule has 5 heteroatoms. The number of nitrogen functional groups attached to an aromatic ring is 1. The zero-order chi connectivity index (χ0) is 11.7. The molecule has 1 aromatic carbocycles. The van der Waals surface area contributed by atoms with Crippen LogP contribution in [0.1, 0.15) is 10.4 Å². The van der Waals surface area contributed by atoms with E-state index in [1.165, 1.54) is 6.26 Å². The molecule has 0 aliphatic rings. The third-order valence-electron chi connectivity index (χ3n) is 2.22. The van der Waals surface area contributed by atoms with E-state index in [4.69, 9.17) is 27.5 Å². The van der Waals surface area contributed by atoms with Gasteiger partial charge in [0.2, 0.25) is 5.88 Å². The summed E-state index contributed by atoms with van der Waals surface area (Å²) in [6.07, 6.45) is 1.40. The molecule has 1 amide bonds. The number of hydrogen-bond donors (Lipinski definition) is 2. The standard InChI is InChI=1S/C11H9ClN2O2/c12-7-3-1-6(2-4-7)8-5-16-11(14)9(8)10(13)15/h1-5H,14H2,(H2,13,15). The second-order valence-electron chi connectivity index (χ2n) is 3.26. The topological polar surface area (TPSA) is 82.2 Å². The second kappa shape index (κ2) is 3.90. The Labute approximate surface area is 96.8 Å². The van der Waals surface area contributed by atoms with E-state index in [-0.39, 0.29) is 11.4 Å². The van der Waals surface area contributed by atoms with E-state index in [2.05, 4.69) is 0 Å². The van der Waals surface area contributed by atoms with E-state index in [0.29, 0.717) is 10.6 Å². The normalized spacial score (nSPS) is 10.3. The average molecular weight is 237 g/mol.